The van der Waals surface area contributed by atoms with Gasteiger partial charge in [0.15, 0.2) is 0 Å². The van der Waals surface area contributed by atoms with Crippen molar-refractivity contribution in [2.45, 2.75) is 19.4 Å². The molecule has 0 fully saturated rings. The van der Waals surface area contributed by atoms with Crippen LogP contribution in [0.1, 0.15) is 22.0 Å². The Morgan fingerprint density at radius 1 is 1.39 bits per heavy atom. The maximum atomic E-state index is 6.25. The number of halogens is 2. The Hall–Kier alpha value is -0.390. The molecule has 0 spiro atoms. The molecule has 1 atom stereocenters. The lowest BCUT2D eigenvalue weighted by Crippen LogP contribution is -2.29. The number of hydrogen-bond acceptors (Lipinski definition) is 3. The van der Waals surface area contributed by atoms with E-state index in [9.17, 15) is 0 Å². The van der Waals surface area contributed by atoms with E-state index >= 15 is 0 Å². The molecule has 1 aromatic carbocycles. The van der Waals surface area contributed by atoms with Crippen LogP contribution in [0.2, 0.25) is 5.02 Å². The number of aryl methyl sites for hydroxylation is 1. The highest BCUT2D eigenvalue weighted by Gasteiger charge is 2.14. The molecular weight excluding hydrogens is 332 g/mol. The summed E-state index contributed by atoms with van der Waals surface area (Å²) in [4.78, 5) is 1.20. The Kier molecular flexibility index (Phi) is 4.81. The van der Waals surface area contributed by atoms with Gasteiger partial charge >= 0.3 is 0 Å². The normalized spacial score (nSPS) is 12.7. The maximum Gasteiger partial charge on any atom is 0.0702 e. The minimum absolute atomic E-state index is 0.0847. The summed E-state index contributed by atoms with van der Waals surface area (Å²) < 4.78 is 1.10. The molecule has 5 heteroatoms. The van der Waals surface area contributed by atoms with Gasteiger partial charge in [-0.2, -0.15) is 0 Å². The second kappa shape index (κ2) is 6.17. The number of nitrogens with two attached hydrogens (primary N) is 1. The van der Waals surface area contributed by atoms with E-state index in [1.807, 2.05) is 19.1 Å². The number of thiophene rings is 1. The minimum Gasteiger partial charge on any atom is -0.271 e. The van der Waals surface area contributed by atoms with Crippen molar-refractivity contribution in [3.8, 4) is 0 Å². The van der Waals surface area contributed by atoms with Crippen LogP contribution >= 0.6 is 38.9 Å². The summed E-state index contributed by atoms with van der Waals surface area (Å²) in [6, 6.07) is 10.3. The highest BCUT2D eigenvalue weighted by Crippen LogP contribution is 2.30. The van der Waals surface area contributed by atoms with Crippen molar-refractivity contribution in [2.24, 2.45) is 5.84 Å². The number of benzene rings is 1. The third-order valence-electron chi connectivity index (χ3n) is 2.77. The van der Waals surface area contributed by atoms with Crippen molar-refractivity contribution < 1.29 is 0 Å². The summed E-state index contributed by atoms with van der Waals surface area (Å²) in [7, 11) is 0. The average molecular weight is 346 g/mol. The fraction of sp³-hybridized carbons (Fsp3) is 0.231. The summed E-state index contributed by atoms with van der Waals surface area (Å²) >= 11 is 11.4. The lowest BCUT2D eigenvalue weighted by atomic mass is 10.0. The van der Waals surface area contributed by atoms with E-state index in [1.54, 1.807) is 11.3 Å². The Labute approximate surface area is 124 Å². The van der Waals surface area contributed by atoms with Crippen molar-refractivity contribution in [3.63, 3.8) is 0 Å². The zero-order valence-corrected chi connectivity index (χ0v) is 13.1. The number of nitrogens with one attached hydrogen (secondary N) is 1. The van der Waals surface area contributed by atoms with Crippen LogP contribution in [0, 0.1) is 6.92 Å². The largest absolute Gasteiger partial charge is 0.271 e. The molecule has 3 N–H and O–H groups in total. The third-order valence-corrected chi connectivity index (χ3v) is 4.86. The van der Waals surface area contributed by atoms with Crippen molar-refractivity contribution in [1.29, 1.82) is 0 Å². The molecule has 0 amide bonds. The highest BCUT2D eigenvalue weighted by atomic mass is 79.9. The van der Waals surface area contributed by atoms with Crippen LogP contribution in [0.4, 0.5) is 0 Å². The fourth-order valence-electron chi connectivity index (χ4n) is 1.80. The van der Waals surface area contributed by atoms with Crippen LogP contribution in [0.15, 0.2) is 34.1 Å². The summed E-state index contributed by atoms with van der Waals surface area (Å²) in [6.07, 6.45) is 0.780. The second-order valence-electron chi connectivity index (χ2n) is 4.16. The molecule has 0 saturated heterocycles. The van der Waals surface area contributed by atoms with E-state index in [4.69, 9.17) is 17.4 Å². The van der Waals surface area contributed by atoms with Gasteiger partial charge in [-0.05, 0) is 58.6 Å². The number of rotatable bonds is 4. The molecule has 2 nitrogen and oxygen atoms in total. The Morgan fingerprint density at radius 2 is 2.17 bits per heavy atom. The maximum absolute atomic E-state index is 6.25. The Bertz CT molecular complexity index is 542. The molecule has 0 aliphatic rings. The van der Waals surface area contributed by atoms with E-state index in [-0.39, 0.29) is 6.04 Å². The van der Waals surface area contributed by atoms with Gasteiger partial charge in [0.25, 0.3) is 0 Å². The summed E-state index contributed by atoms with van der Waals surface area (Å²) in [5, 5.41) is 0.797. The quantitative estimate of drug-likeness (QED) is 0.643. The first-order chi connectivity index (χ1) is 8.60. The molecular formula is C13H14BrClN2S. The van der Waals surface area contributed by atoms with Gasteiger partial charge in [0, 0.05) is 9.90 Å². The van der Waals surface area contributed by atoms with Gasteiger partial charge in [0.1, 0.15) is 0 Å². The number of hydrazine groups is 1. The van der Waals surface area contributed by atoms with Crippen LogP contribution in [0.3, 0.4) is 0 Å². The second-order valence-corrected chi connectivity index (χ2v) is 7.06. The van der Waals surface area contributed by atoms with Crippen LogP contribution in [0.5, 0.6) is 0 Å². The molecule has 0 aliphatic heterocycles. The van der Waals surface area contributed by atoms with Crippen molar-refractivity contribution in [3.05, 3.63) is 55.1 Å². The van der Waals surface area contributed by atoms with Crippen LogP contribution in [0.25, 0.3) is 0 Å². The first kappa shape index (κ1) is 14.0. The first-order valence-electron chi connectivity index (χ1n) is 5.56. The summed E-state index contributed by atoms with van der Waals surface area (Å²) in [5.74, 6) is 5.64. The van der Waals surface area contributed by atoms with E-state index < -0.39 is 0 Å². The van der Waals surface area contributed by atoms with Crippen LogP contribution in [-0.2, 0) is 6.42 Å². The summed E-state index contributed by atoms with van der Waals surface area (Å²) in [5.41, 5.74) is 5.13. The zero-order valence-electron chi connectivity index (χ0n) is 9.91. The van der Waals surface area contributed by atoms with Gasteiger partial charge in [-0.25, -0.2) is 0 Å². The summed E-state index contributed by atoms with van der Waals surface area (Å²) in [6.45, 7) is 2.03. The average Bonchev–Trinajstić information content (AvgIpc) is 2.75. The molecule has 1 aromatic heterocycles. The topological polar surface area (TPSA) is 38.0 Å². The molecule has 1 unspecified atom stereocenters. The fourth-order valence-corrected chi connectivity index (χ4v) is 3.59. The smallest absolute Gasteiger partial charge is 0.0702 e. The Morgan fingerprint density at radius 3 is 2.72 bits per heavy atom. The van der Waals surface area contributed by atoms with Crippen molar-refractivity contribution in [2.75, 3.05) is 0 Å². The van der Waals surface area contributed by atoms with E-state index in [2.05, 4.69) is 39.6 Å². The molecule has 18 heavy (non-hydrogen) atoms. The molecule has 0 saturated carbocycles. The predicted molar refractivity (Wildman–Crippen MR) is 82.0 cm³/mol. The molecule has 2 rings (SSSR count). The SMILES string of the molecule is Cc1ccc(CC(NN)c2ccc(Br)s2)c(Cl)c1. The van der Waals surface area contributed by atoms with Gasteiger partial charge in [0.05, 0.1) is 9.83 Å². The van der Waals surface area contributed by atoms with Crippen LogP contribution in [-0.4, -0.2) is 0 Å². The van der Waals surface area contributed by atoms with Gasteiger partial charge < -0.3 is 0 Å². The highest BCUT2D eigenvalue weighted by molar-refractivity contribution is 9.11. The van der Waals surface area contributed by atoms with Gasteiger partial charge in [-0.1, -0.05) is 23.7 Å². The van der Waals surface area contributed by atoms with Crippen molar-refractivity contribution >= 4 is 38.9 Å². The van der Waals surface area contributed by atoms with E-state index in [0.717, 1.165) is 20.8 Å². The molecule has 0 radical (unpaired) electrons. The predicted octanol–water partition coefficient (Wildman–Crippen LogP) is 4.22. The molecule has 0 aliphatic carbocycles. The lowest BCUT2D eigenvalue weighted by Gasteiger charge is -2.15. The monoisotopic (exact) mass is 344 g/mol. The molecule has 0 bridgehead atoms. The zero-order chi connectivity index (χ0) is 13.1. The van der Waals surface area contributed by atoms with E-state index in [1.165, 1.54) is 10.4 Å². The Balaban J connectivity index is 2.20. The third kappa shape index (κ3) is 3.33. The molecule has 96 valence electrons. The standard InChI is InChI=1S/C13H14BrClN2S/c1-8-2-3-9(10(15)6-8)7-11(17-16)12-4-5-13(14)18-12/h2-6,11,17H,7,16H2,1H3. The number of hydrogen-bond donors (Lipinski definition) is 2. The first-order valence-corrected chi connectivity index (χ1v) is 7.55. The van der Waals surface area contributed by atoms with Gasteiger partial charge in [-0.15, -0.1) is 11.3 Å². The molecule has 1 heterocycles. The molecule has 2 aromatic rings. The van der Waals surface area contributed by atoms with Gasteiger partial charge in [-0.3, -0.25) is 11.3 Å². The van der Waals surface area contributed by atoms with Crippen LogP contribution < -0.4 is 11.3 Å². The van der Waals surface area contributed by atoms with Gasteiger partial charge in [0.2, 0.25) is 0 Å². The minimum atomic E-state index is 0.0847. The lowest BCUT2D eigenvalue weighted by molar-refractivity contribution is 0.560. The van der Waals surface area contributed by atoms with E-state index in [0.29, 0.717) is 0 Å². The van der Waals surface area contributed by atoms with Crippen molar-refractivity contribution in [1.82, 2.24) is 5.43 Å².